The predicted octanol–water partition coefficient (Wildman–Crippen LogP) is 4.30. The van der Waals surface area contributed by atoms with Crippen molar-refractivity contribution in [1.29, 1.82) is 0 Å². The van der Waals surface area contributed by atoms with Crippen LogP contribution in [-0.2, 0) is 9.53 Å². The number of carbonyl (C=O) groups is 2. The van der Waals surface area contributed by atoms with Crippen LogP contribution in [0.2, 0.25) is 0 Å². The van der Waals surface area contributed by atoms with Gasteiger partial charge in [0, 0.05) is 17.3 Å². The fourth-order valence-corrected chi connectivity index (χ4v) is 4.78. The number of benzene rings is 1. The second kappa shape index (κ2) is 8.65. The molecule has 2 fully saturated rings. The highest BCUT2D eigenvalue weighted by molar-refractivity contribution is 6.00. The lowest BCUT2D eigenvalue weighted by Crippen LogP contribution is -2.20. The Hall–Kier alpha value is -3.75. The number of esters is 1. The molecule has 0 radical (unpaired) electrons. The Morgan fingerprint density at radius 2 is 1.85 bits per heavy atom. The third kappa shape index (κ3) is 4.44. The van der Waals surface area contributed by atoms with Crippen molar-refractivity contribution < 1.29 is 18.7 Å². The zero-order chi connectivity index (χ0) is 22.8. The van der Waals surface area contributed by atoms with E-state index in [1.54, 1.807) is 6.20 Å². The number of para-hydroxylation sites is 1. The predicted molar refractivity (Wildman–Crippen MR) is 120 cm³/mol. The molecule has 2 aliphatic carbocycles. The number of aromatic nitrogens is 3. The van der Waals surface area contributed by atoms with Crippen LogP contribution in [0.4, 0.5) is 17.4 Å². The van der Waals surface area contributed by atoms with E-state index < -0.39 is 5.91 Å². The van der Waals surface area contributed by atoms with Crippen LogP contribution in [0.3, 0.4) is 0 Å². The highest BCUT2D eigenvalue weighted by Crippen LogP contribution is 2.63. The normalized spacial score (nSPS) is 23.7. The van der Waals surface area contributed by atoms with Gasteiger partial charge in [0.15, 0.2) is 0 Å². The SMILES string of the molecule is COC(=O)[C@@H]1CC12CCC(c1ccc(NC(=O)c3nnc(Nc4ccccc4)o3)cn1)CC2. The first-order valence-corrected chi connectivity index (χ1v) is 11.1. The molecule has 5 rings (SSSR count). The molecule has 1 spiro atoms. The minimum atomic E-state index is -0.500. The Morgan fingerprint density at radius 1 is 1.06 bits per heavy atom. The van der Waals surface area contributed by atoms with Crippen LogP contribution in [0.1, 0.15) is 54.4 Å². The Morgan fingerprint density at radius 3 is 2.55 bits per heavy atom. The van der Waals surface area contributed by atoms with E-state index in [1.165, 1.54) is 7.11 Å². The molecule has 0 saturated heterocycles. The minimum absolute atomic E-state index is 0.0714. The van der Waals surface area contributed by atoms with Gasteiger partial charge in [-0.2, -0.15) is 0 Å². The van der Waals surface area contributed by atoms with Crippen molar-refractivity contribution in [2.45, 2.75) is 38.0 Å². The molecule has 3 aromatic rings. The molecule has 1 atom stereocenters. The van der Waals surface area contributed by atoms with Crippen molar-refractivity contribution in [3.63, 3.8) is 0 Å². The van der Waals surface area contributed by atoms with E-state index in [0.29, 0.717) is 11.6 Å². The zero-order valence-corrected chi connectivity index (χ0v) is 18.3. The average molecular weight is 447 g/mol. The van der Waals surface area contributed by atoms with Crippen LogP contribution in [0.15, 0.2) is 53.1 Å². The van der Waals surface area contributed by atoms with Gasteiger partial charge in [-0.25, -0.2) is 0 Å². The van der Waals surface area contributed by atoms with Gasteiger partial charge in [-0.1, -0.05) is 23.3 Å². The third-order valence-corrected chi connectivity index (χ3v) is 6.76. The van der Waals surface area contributed by atoms with Crippen molar-refractivity contribution in [2.24, 2.45) is 11.3 Å². The average Bonchev–Trinajstić information content (AvgIpc) is 3.33. The lowest BCUT2D eigenvalue weighted by atomic mass is 9.77. The van der Waals surface area contributed by atoms with Crippen LogP contribution in [0.25, 0.3) is 0 Å². The molecule has 2 heterocycles. The summed E-state index contributed by atoms with van der Waals surface area (Å²) in [6, 6.07) is 13.3. The largest absolute Gasteiger partial charge is 0.469 e. The maximum Gasteiger partial charge on any atom is 0.320 e. The number of carbonyl (C=O) groups excluding carboxylic acids is 2. The van der Waals surface area contributed by atoms with E-state index in [9.17, 15) is 9.59 Å². The van der Waals surface area contributed by atoms with E-state index in [-0.39, 0.29) is 29.2 Å². The first-order chi connectivity index (χ1) is 16.1. The molecule has 2 aromatic heterocycles. The smallest absolute Gasteiger partial charge is 0.320 e. The molecular weight excluding hydrogens is 422 g/mol. The second-order valence-electron chi connectivity index (χ2n) is 8.75. The van der Waals surface area contributed by atoms with Crippen molar-refractivity contribution in [3.8, 4) is 0 Å². The highest BCUT2D eigenvalue weighted by Gasteiger charge is 2.59. The maximum absolute atomic E-state index is 12.5. The molecule has 1 aromatic carbocycles. The Bertz CT molecular complexity index is 1140. The van der Waals surface area contributed by atoms with E-state index in [4.69, 9.17) is 9.15 Å². The summed E-state index contributed by atoms with van der Waals surface area (Å²) in [4.78, 5) is 28.8. The number of nitrogens with one attached hydrogen (secondary N) is 2. The van der Waals surface area contributed by atoms with Gasteiger partial charge in [-0.15, -0.1) is 5.10 Å². The van der Waals surface area contributed by atoms with Gasteiger partial charge < -0.3 is 19.8 Å². The minimum Gasteiger partial charge on any atom is -0.469 e. The van der Waals surface area contributed by atoms with Gasteiger partial charge in [0.1, 0.15) is 0 Å². The molecule has 0 aliphatic heterocycles. The molecule has 33 heavy (non-hydrogen) atoms. The molecule has 2 N–H and O–H groups in total. The van der Waals surface area contributed by atoms with Gasteiger partial charge in [0.25, 0.3) is 0 Å². The fraction of sp³-hybridized carbons (Fsp3) is 0.375. The van der Waals surface area contributed by atoms with Crippen molar-refractivity contribution >= 4 is 29.3 Å². The fourth-order valence-electron chi connectivity index (χ4n) is 4.78. The van der Waals surface area contributed by atoms with Crippen LogP contribution >= 0.6 is 0 Å². The summed E-state index contributed by atoms with van der Waals surface area (Å²) in [6.45, 7) is 0. The van der Waals surface area contributed by atoms with Crippen molar-refractivity contribution in [1.82, 2.24) is 15.2 Å². The first-order valence-electron chi connectivity index (χ1n) is 11.1. The number of hydrogen-bond donors (Lipinski definition) is 2. The Balaban J connectivity index is 1.15. The second-order valence-corrected chi connectivity index (χ2v) is 8.75. The molecule has 2 saturated carbocycles. The number of hydrogen-bond acceptors (Lipinski definition) is 8. The molecule has 9 nitrogen and oxygen atoms in total. The van der Waals surface area contributed by atoms with Crippen LogP contribution in [0.5, 0.6) is 0 Å². The van der Waals surface area contributed by atoms with E-state index in [1.807, 2.05) is 42.5 Å². The van der Waals surface area contributed by atoms with Crippen LogP contribution in [0, 0.1) is 11.3 Å². The molecular formula is C24H25N5O4. The molecule has 0 bridgehead atoms. The summed E-state index contributed by atoms with van der Waals surface area (Å²) in [7, 11) is 1.46. The molecule has 1 amide bonds. The monoisotopic (exact) mass is 447 g/mol. The van der Waals surface area contributed by atoms with Crippen LogP contribution in [-0.4, -0.2) is 34.2 Å². The zero-order valence-electron chi connectivity index (χ0n) is 18.3. The summed E-state index contributed by atoms with van der Waals surface area (Å²) in [5.41, 5.74) is 2.49. The summed E-state index contributed by atoms with van der Waals surface area (Å²) in [5.74, 6) is -0.278. The third-order valence-electron chi connectivity index (χ3n) is 6.76. The molecule has 9 heteroatoms. The van der Waals surface area contributed by atoms with Gasteiger partial charge >= 0.3 is 23.8 Å². The summed E-state index contributed by atoms with van der Waals surface area (Å²) in [5, 5.41) is 13.3. The lowest BCUT2D eigenvalue weighted by Gasteiger charge is -2.28. The number of pyridine rings is 1. The van der Waals surface area contributed by atoms with Gasteiger partial charge in [-0.05, 0) is 61.8 Å². The van der Waals surface area contributed by atoms with Gasteiger partial charge in [0.05, 0.1) is 24.9 Å². The topological polar surface area (TPSA) is 119 Å². The molecule has 170 valence electrons. The quantitative estimate of drug-likeness (QED) is 0.537. The number of methoxy groups -OCH3 is 1. The molecule has 0 unspecified atom stereocenters. The summed E-state index contributed by atoms with van der Waals surface area (Å²) < 4.78 is 10.3. The molecule has 2 aliphatic rings. The Kier molecular flexibility index (Phi) is 5.53. The van der Waals surface area contributed by atoms with Gasteiger partial charge in [0.2, 0.25) is 0 Å². The summed E-state index contributed by atoms with van der Waals surface area (Å²) >= 11 is 0. The standard InChI is InChI=1S/C24H25N5O4/c1-32-22(31)18-13-24(18)11-9-15(10-12-24)19-8-7-17(14-25-19)26-20(30)21-28-29-23(33-21)27-16-5-3-2-4-6-16/h2-8,14-15,18H,9-13H2,1H3,(H,26,30)(H,27,29)/t15?,18-,24?/m0/s1. The Labute approximate surface area is 191 Å². The van der Waals surface area contributed by atoms with E-state index in [0.717, 1.165) is 43.5 Å². The number of ether oxygens (including phenoxy) is 1. The van der Waals surface area contributed by atoms with Crippen molar-refractivity contribution in [2.75, 3.05) is 17.7 Å². The number of rotatable bonds is 6. The van der Waals surface area contributed by atoms with E-state index >= 15 is 0 Å². The van der Waals surface area contributed by atoms with Crippen molar-refractivity contribution in [3.05, 3.63) is 60.2 Å². The lowest BCUT2D eigenvalue weighted by molar-refractivity contribution is -0.143. The maximum atomic E-state index is 12.5. The number of amides is 1. The van der Waals surface area contributed by atoms with Crippen LogP contribution < -0.4 is 10.6 Å². The van der Waals surface area contributed by atoms with Gasteiger partial charge in [-0.3, -0.25) is 14.6 Å². The van der Waals surface area contributed by atoms with E-state index in [2.05, 4.69) is 25.8 Å². The summed E-state index contributed by atoms with van der Waals surface area (Å²) in [6.07, 6.45) is 6.65. The highest BCUT2D eigenvalue weighted by atomic mass is 16.5. The number of anilines is 3. The first kappa shape index (κ1) is 21.1. The number of nitrogens with zero attached hydrogens (tertiary/aromatic N) is 3.